The molecule has 0 saturated heterocycles. The second kappa shape index (κ2) is 3.33. The largest absolute Gasteiger partial charge is 0.508 e. The summed E-state index contributed by atoms with van der Waals surface area (Å²) in [6.07, 6.45) is 2.80. The second-order valence-electron chi connectivity index (χ2n) is 2.72. The van der Waals surface area contributed by atoms with Crippen molar-refractivity contribution in [2.24, 2.45) is 4.99 Å². The van der Waals surface area contributed by atoms with Crippen molar-refractivity contribution in [3.8, 4) is 5.75 Å². The number of cyclic esters (lactones) is 1. The normalized spacial score (nSPS) is 17.4. The summed E-state index contributed by atoms with van der Waals surface area (Å²) in [5.41, 5.74) is 0.622. The maximum Gasteiger partial charge on any atom is 0.337 e. The molecular formula is C10H7NO3. The zero-order valence-electron chi connectivity index (χ0n) is 7.18. The molecule has 14 heavy (non-hydrogen) atoms. The van der Waals surface area contributed by atoms with E-state index in [2.05, 4.69) is 4.99 Å². The molecule has 1 aromatic rings. The number of phenolic OH excluding ortho intramolecular Hbond substituents is 1. The van der Waals surface area contributed by atoms with Crippen molar-refractivity contribution in [1.82, 2.24) is 0 Å². The second-order valence-corrected chi connectivity index (χ2v) is 2.72. The van der Waals surface area contributed by atoms with Gasteiger partial charge in [0.2, 0.25) is 5.90 Å². The summed E-state index contributed by atoms with van der Waals surface area (Å²) in [7, 11) is 0. The highest BCUT2D eigenvalue weighted by atomic mass is 16.5. The van der Waals surface area contributed by atoms with Crippen molar-refractivity contribution in [3.05, 3.63) is 36.4 Å². The molecule has 0 aliphatic carbocycles. The van der Waals surface area contributed by atoms with E-state index in [9.17, 15) is 4.79 Å². The van der Waals surface area contributed by atoms with Gasteiger partial charge in [-0.25, -0.2) is 9.79 Å². The number of nitrogens with zero attached hydrogens (tertiary/aromatic N) is 1. The van der Waals surface area contributed by atoms with E-state index < -0.39 is 5.97 Å². The van der Waals surface area contributed by atoms with Gasteiger partial charge in [0.1, 0.15) is 5.75 Å². The number of benzene rings is 1. The molecule has 0 aromatic heterocycles. The van der Waals surface area contributed by atoms with Gasteiger partial charge in [-0.3, -0.25) is 0 Å². The molecule has 0 spiro atoms. The molecule has 1 aromatic carbocycles. The third-order valence-electron chi connectivity index (χ3n) is 1.66. The first-order valence-corrected chi connectivity index (χ1v) is 4.02. The summed E-state index contributed by atoms with van der Waals surface area (Å²) in [5, 5.41) is 9.01. The fourth-order valence-corrected chi connectivity index (χ4v) is 1.02. The molecule has 0 amide bonds. The highest BCUT2D eigenvalue weighted by Gasteiger charge is 2.10. The van der Waals surface area contributed by atoms with Crippen LogP contribution < -0.4 is 0 Å². The number of aliphatic imine (C=N–C) groups is 1. The maximum absolute atomic E-state index is 10.7. The topological polar surface area (TPSA) is 58.9 Å². The monoisotopic (exact) mass is 189 g/mol. The Morgan fingerprint density at radius 2 is 1.86 bits per heavy atom. The Kier molecular flexibility index (Phi) is 2.02. The molecule has 0 unspecified atom stereocenters. The van der Waals surface area contributed by atoms with E-state index in [4.69, 9.17) is 9.84 Å². The summed E-state index contributed by atoms with van der Waals surface area (Å²) in [6.45, 7) is 0. The van der Waals surface area contributed by atoms with Gasteiger partial charge in [-0.2, -0.15) is 0 Å². The number of aromatic hydroxyl groups is 1. The zero-order valence-corrected chi connectivity index (χ0v) is 7.18. The van der Waals surface area contributed by atoms with E-state index in [1.165, 1.54) is 24.3 Å². The van der Waals surface area contributed by atoms with Gasteiger partial charge in [0.05, 0.1) is 5.69 Å². The van der Waals surface area contributed by atoms with Gasteiger partial charge in [0.25, 0.3) is 0 Å². The van der Waals surface area contributed by atoms with E-state index in [1.807, 2.05) is 0 Å². The standard InChI is InChI=1S/C10H7NO3/c12-8-3-1-7(2-4-8)11-9-5-6-10(13)14-9/h1-6,12H. The van der Waals surface area contributed by atoms with Gasteiger partial charge in [-0.05, 0) is 24.3 Å². The van der Waals surface area contributed by atoms with Gasteiger partial charge in [-0.1, -0.05) is 0 Å². The van der Waals surface area contributed by atoms with Crippen LogP contribution >= 0.6 is 0 Å². The minimum Gasteiger partial charge on any atom is -0.508 e. The SMILES string of the molecule is O=C1C=CC(=Nc2ccc(O)cc2)O1. The number of rotatable bonds is 1. The smallest absolute Gasteiger partial charge is 0.337 e. The average molecular weight is 189 g/mol. The minimum absolute atomic E-state index is 0.174. The minimum atomic E-state index is -0.414. The summed E-state index contributed by atoms with van der Waals surface area (Å²) in [5.74, 6) is 0.0242. The predicted octanol–water partition coefficient (Wildman–Crippen LogP) is 1.54. The zero-order chi connectivity index (χ0) is 9.97. The highest BCUT2D eigenvalue weighted by Crippen LogP contribution is 2.17. The Morgan fingerprint density at radius 3 is 2.43 bits per heavy atom. The van der Waals surface area contributed by atoms with Crippen LogP contribution in [0.15, 0.2) is 41.4 Å². The fraction of sp³-hybridized carbons (Fsp3) is 0. The molecule has 1 aliphatic rings. The summed E-state index contributed by atoms with van der Waals surface area (Å²) < 4.78 is 4.73. The molecule has 0 bridgehead atoms. The molecule has 0 saturated carbocycles. The summed E-state index contributed by atoms with van der Waals surface area (Å²) in [4.78, 5) is 14.7. The van der Waals surface area contributed by atoms with Crippen molar-refractivity contribution in [3.63, 3.8) is 0 Å². The first kappa shape index (κ1) is 8.50. The molecule has 0 atom stereocenters. The molecule has 1 heterocycles. The first-order valence-electron chi connectivity index (χ1n) is 4.02. The van der Waals surface area contributed by atoms with E-state index in [-0.39, 0.29) is 11.6 Å². The molecule has 4 heteroatoms. The number of carbonyl (C=O) groups excluding carboxylic acids is 1. The van der Waals surface area contributed by atoms with Crippen LogP contribution in [-0.4, -0.2) is 17.0 Å². The van der Waals surface area contributed by atoms with Gasteiger partial charge in [-0.15, -0.1) is 0 Å². The van der Waals surface area contributed by atoms with Gasteiger partial charge < -0.3 is 9.84 Å². The van der Waals surface area contributed by atoms with Crippen LogP contribution in [0.2, 0.25) is 0 Å². The molecule has 2 rings (SSSR count). The Labute approximate surface area is 80.2 Å². The number of ether oxygens (including phenoxy) is 1. The summed E-state index contributed by atoms with van der Waals surface area (Å²) >= 11 is 0. The molecule has 0 radical (unpaired) electrons. The number of esters is 1. The van der Waals surface area contributed by atoms with E-state index in [1.54, 1.807) is 12.1 Å². The lowest BCUT2D eigenvalue weighted by molar-refractivity contribution is -0.129. The van der Waals surface area contributed by atoms with Crippen LogP contribution in [0.3, 0.4) is 0 Å². The van der Waals surface area contributed by atoms with Crippen molar-refractivity contribution in [1.29, 1.82) is 0 Å². The van der Waals surface area contributed by atoms with E-state index in [0.717, 1.165) is 0 Å². The van der Waals surface area contributed by atoms with E-state index in [0.29, 0.717) is 5.69 Å². The lowest BCUT2D eigenvalue weighted by Gasteiger charge is -1.96. The van der Waals surface area contributed by atoms with Crippen molar-refractivity contribution in [2.45, 2.75) is 0 Å². The van der Waals surface area contributed by atoms with Gasteiger partial charge >= 0.3 is 5.97 Å². The lowest BCUT2D eigenvalue weighted by atomic mass is 10.3. The summed E-state index contributed by atoms with van der Waals surface area (Å²) in [6, 6.07) is 6.28. The van der Waals surface area contributed by atoms with Crippen molar-refractivity contribution in [2.75, 3.05) is 0 Å². The van der Waals surface area contributed by atoms with Crippen LogP contribution in [0.25, 0.3) is 0 Å². The molecular weight excluding hydrogens is 182 g/mol. The number of hydrogen-bond acceptors (Lipinski definition) is 4. The van der Waals surface area contributed by atoms with Crippen LogP contribution in [0.4, 0.5) is 5.69 Å². The van der Waals surface area contributed by atoms with Crippen LogP contribution in [0, 0.1) is 0 Å². The highest BCUT2D eigenvalue weighted by molar-refractivity contribution is 6.08. The van der Waals surface area contributed by atoms with Crippen LogP contribution in [0.1, 0.15) is 0 Å². The maximum atomic E-state index is 10.7. The molecule has 1 aliphatic heterocycles. The predicted molar refractivity (Wildman–Crippen MR) is 50.4 cm³/mol. The fourth-order valence-electron chi connectivity index (χ4n) is 1.02. The number of carbonyl (C=O) groups is 1. The van der Waals surface area contributed by atoms with Gasteiger partial charge in [0.15, 0.2) is 0 Å². The first-order chi connectivity index (χ1) is 6.74. The van der Waals surface area contributed by atoms with Crippen LogP contribution in [0.5, 0.6) is 5.75 Å². The number of phenols is 1. The van der Waals surface area contributed by atoms with Gasteiger partial charge in [0, 0.05) is 12.2 Å². The molecule has 70 valence electrons. The van der Waals surface area contributed by atoms with E-state index >= 15 is 0 Å². The number of hydrogen-bond donors (Lipinski definition) is 1. The van der Waals surface area contributed by atoms with Crippen molar-refractivity contribution < 1.29 is 14.6 Å². The Bertz CT molecular complexity index is 417. The Hall–Kier alpha value is -2.10. The Morgan fingerprint density at radius 1 is 1.14 bits per heavy atom. The average Bonchev–Trinajstić information content (AvgIpc) is 2.56. The third kappa shape index (κ3) is 1.80. The lowest BCUT2D eigenvalue weighted by Crippen LogP contribution is -1.98. The van der Waals surface area contributed by atoms with Crippen LogP contribution in [-0.2, 0) is 9.53 Å². The molecule has 0 fully saturated rings. The molecule has 1 N–H and O–H groups in total. The third-order valence-corrected chi connectivity index (χ3v) is 1.66. The molecule has 4 nitrogen and oxygen atoms in total. The van der Waals surface area contributed by atoms with Crippen molar-refractivity contribution >= 4 is 17.6 Å². The quantitative estimate of drug-likeness (QED) is 0.681. The Balaban J connectivity index is 2.22.